The maximum absolute atomic E-state index is 13.7. The molecular weight excluding hydrogens is 440 g/mol. The average molecular weight is 467 g/mol. The van der Waals surface area contributed by atoms with Gasteiger partial charge in [0.05, 0.1) is 11.4 Å². The highest BCUT2D eigenvalue weighted by molar-refractivity contribution is 7.92. The molecule has 3 aromatic rings. The Bertz CT molecular complexity index is 1280. The minimum atomic E-state index is -3.99. The fourth-order valence-electron chi connectivity index (χ4n) is 4.65. The minimum Gasteiger partial charge on any atom is -0.488 e. The molecule has 1 aliphatic heterocycles. The van der Waals surface area contributed by atoms with E-state index in [9.17, 15) is 13.2 Å². The summed E-state index contributed by atoms with van der Waals surface area (Å²) >= 11 is 0. The van der Waals surface area contributed by atoms with Crippen molar-refractivity contribution < 1.29 is 17.9 Å². The number of fused-ring (bicyclic) bond motifs is 1. The summed E-state index contributed by atoms with van der Waals surface area (Å²) in [6, 6.07) is 17.3. The topological polar surface area (TPSA) is 87.5 Å². The molecule has 5 rings (SSSR count). The molecule has 2 aromatic carbocycles. The Balaban J connectivity index is 1.42. The van der Waals surface area contributed by atoms with Crippen molar-refractivity contribution >= 4 is 9.84 Å². The third kappa shape index (κ3) is 4.15. The van der Waals surface area contributed by atoms with Gasteiger partial charge in [-0.3, -0.25) is 9.36 Å². The molecule has 0 radical (unpaired) electrons. The second-order valence-corrected chi connectivity index (χ2v) is 10.9. The summed E-state index contributed by atoms with van der Waals surface area (Å²) in [5.74, 6) is 1.15. The Kier molecular flexibility index (Phi) is 5.70. The van der Waals surface area contributed by atoms with Crippen molar-refractivity contribution in [2.75, 3.05) is 6.61 Å². The second-order valence-electron chi connectivity index (χ2n) is 8.70. The van der Waals surface area contributed by atoms with Gasteiger partial charge in [0.25, 0.3) is 10.5 Å². The molecule has 0 N–H and O–H groups in total. The van der Waals surface area contributed by atoms with Crippen LogP contribution in [-0.4, -0.2) is 29.5 Å². The van der Waals surface area contributed by atoms with E-state index in [0.717, 1.165) is 0 Å². The Morgan fingerprint density at radius 3 is 2.45 bits per heavy atom. The van der Waals surface area contributed by atoms with Crippen molar-refractivity contribution in [3.05, 3.63) is 82.8 Å². The van der Waals surface area contributed by atoms with Gasteiger partial charge in [-0.05, 0) is 48.6 Å². The van der Waals surface area contributed by atoms with Crippen LogP contribution >= 0.6 is 0 Å². The van der Waals surface area contributed by atoms with Crippen LogP contribution in [-0.2, 0) is 16.4 Å². The largest absolute Gasteiger partial charge is 0.488 e. The van der Waals surface area contributed by atoms with Crippen molar-refractivity contribution in [2.24, 2.45) is 0 Å². The first-order valence-electron chi connectivity index (χ1n) is 11.3. The lowest BCUT2D eigenvalue weighted by molar-refractivity contribution is 0.104. The number of benzene rings is 2. The average Bonchev–Trinajstić information content (AvgIpc) is 3.24. The fraction of sp³-hybridized carbons (Fsp3) is 0.360. The lowest BCUT2D eigenvalue weighted by Gasteiger charge is -2.27. The van der Waals surface area contributed by atoms with Gasteiger partial charge in [-0.2, -0.15) is 4.98 Å². The molecule has 1 aliphatic carbocycles. The van der Waals surface area contributed by atoms with E-state index in [0.29, 0.717) is 11.7 Å². The van der Waals surface area contributed by atoms with Crippen molar-refractivity contribution in [2.45, 2.75) is 54.4 Å². The molecule has 2 aliphatic rings. The molecule has 33 heavy (non-hydrogen) atoms. The first-order chi connectivity index (χ1) is 16.0. The van der Waals surface area contributed by atoms with Crippen LogP contribution in [0.1, 0.15) is 43.6 Å². The van der Waals surface area contributed by atoms with Gasteiger partial charge in [0.1, 0.15) is 12.4 Å². The Morgan fingerprint density at radius 2 is 1.73 bits per heavy atom. The zero-order valence-corrected chi connectivity index (χ0v) is 19.0. The maximum atomic E-state index is 13.7. The number of nitrogens with zero attached hydrogens (tertiary/aromatic N) is 2. The van der Waals surface area contributed by atoms with Gasteiger partial charge >= 0.3 is 6.01 Å². The molecular formula is C25H26N2O5S. The van der Waals surface area contributed by atoms with Crippen LogP contribution in [0.25, 0.3) is 0 Å². The molecule has 1 unspecified atom stereocenters. The van der Waals surface area contributed by atoms with Gasteiger partial charge in [-0.25, -0.2) is 8.42 Å². The summed E-state index contributed by atoms with van der Waals surface area (Å²) in [4.78, 5) is 13.9. The summed E-state index contributed by atoms with van der Waals surface area (Å²) in [5, 5.41) is 0. The van der Waals surface area contributed by atoms with E-state index in [1.54, 1.807) is 18.2 Å². The van der Waals surface area contributed by atoms with E-state index >= 15 is 0 Å². The SMILES string of the molecule is O=c1ccn2c(n1)OC(COc1ccc(C3CCCCC3)cc1)(S(=O)(=O)c1ccccc1)C2. The minimum absolute atomic E-state index is 0.0294. The van der Waals surface area contributed by atoms with Gasteiger partial charge in [-0.15, -0.1) is 0 Å². The van der Waals surface area contributed by atoms with E-state index in [1.165, 1.54) is 66.6 Å². The van der Waals surface area contributed by atoms with E-state index in [4.69, 9.17) is 9.47 Å². The number of hydrogen-bond acceptors (Lipinski definition) is 6. The number of hydrogen-bond donors (Lipinski definition) is 0. The molecule has 1 saturated carbocycles. The summed E-state index contributed by atoms with van der Waals surface area (Å²) in [6.45, 7) is -0.280. The van der Waals surface area contributed by atoms with E-state index < -0.39 is 20.3 Å². The van der Waals surface area contributed by atoms with E-state index in [1.807, 2.05) is 12.1 Å². The van der Waals surface area contributed by atoms with Gasteiger partial charge in [0.2, 0.25) is 9.84 Å². The van der Waals surface area contributed by atoms with Crippen molar-refractivity contribution in [1.29, 1.82) is 0 Å². The van der Waals surface area contributed by atoms with E-state index in [2.05, 4.69) is 17.1 Å². The van der Waals surface area contributed by atoms with Crippen LogP contribution in [0, 0.1) is 0 Å². The zero-order chi connectivity index (χ0) is 22.9. The standard InChI is InChI=1S/C25H26N2O5S/c28-23-15-16-27-17-25(32-24(27)26-23,33(29,30)22-9-5-2-6-10-22)18-31-21-13-11-20(12-14-21)19-7-3-1-4-8-19/h2,5-6,9-16,19H,1,3-4,7-8,17-18H2. The predicted molar refractivity (Wildman–Crippen MR) is 123 cm³/mol. The van der Waals surface area contributed by atoms with Crippen molar-refractivity contribution in [3.63, 3.8) is 0 Å². The van der Waals surface area contributed by atoms with Gasteiger partial charge in [0, 0.05) is 12.3 Å². The predicted octanol–water partition coefficient (Wildman–Crippen LogP) is 3.93. The molecule has 8 heteroatoms. The highest BCUT2D eigenvalue weighted by atomic mass is 32.2. The highest BCUT2D eigenvalue weighted by Gasteiger charge is 2.53. The first kappa shape index (κ1) is 21.7. The zero-order valence-electron chi connectivity index (χ0n) is 18.2. The van der Waals surface area contributed by atoms with Gasteiger partial charge < -0.3 is 9.47 Å². The molecule has 1 fully saturated rings. The lowest BCUT2D eigenvalue weighted by atomic mass is 9.84. The summed E-state index contributed by atoms with van der Waals surface area (Å²) in [7, 11) is -3.99. The molecule has 0 bridgehead atoms. The van der Waals surface area contributed by atoms with Crippen LogP contribution in [0.3, 0.4) is 0 Å². The smallest absolute Gasteiger partial charge is 0.301 e. The molecule has 0 saturated heterocycles. The molecule has 2 heterocycles. The monoisotopic (exact) mass is 466 g/mol. The number of aromatic nitrogens is 2. The maximum Gasteiger partial charge on any atom is 0.301 e. The number of rotatable bonds is 6. The lowest BCUT2D eigenvalue weighted by Crippen LogP contribution is -2.49. The molecule has 0 spiro atoms. The van der Waals surface area contributed by atoms with E-state index in [-0.39, 0.29) is 24.1 Å². The highest BCUT2D eigenvalue weighted by Crippen LogP contribution is 2.37. The van der Waals surface area contributed by atoms with Crippen molar-refractivity contribution in [1.82, 2.24) is 9.55 Å². The summed E-state index contributed by atoms with van der Waals surface area (Å²) in [5.41, 5.74) is 0.800. The third-order valence-electron chi connectivity index (χ3n) is 6.50. The summed E-state index contributed by atoms with van der Waals surface area (Å²) in [6.07, 6.45) is 7.73. The normalized spacial score (nSPS) is 20.7. The quantitative estimate of drug-likeness (QED) is 0.547. The van der Waals surface area contributed by atoms with Crippen LogP contribution in [0.4, 0.5) is 0 Å². The van der Waals surface area contributed by atoms with Crippen LogP contribution in [0.15, 0.2) is 76.6 Å². The fourth-order valence-corrected chi connectivity index (χ4v) is 6.30. The molecule has 1 aromatic heterocycles. The Hall–Kier alpha value is -3.13. The molecule has 1 atom stereocenters. The molecule has 7 nitrogen and oxygen atoms in total. The van der Waals surface area contributed by atoms with Crippen LogP contribution < -0.4 is 15.0 Å². The van der Waals surface area contributed by atoms with Crippen LogP contribution in [0.2, 0.25) is 0 Å². The van der Waals surface area contributed by atoms with Gasteiger partial charge in [0.15, 0.2) is 0 Å². The molecule has 0 amide bonds. The summed E-state index contributed by atoms with van der Waals surface area (Å²) < 4.78 is 40.7. The first-order valence-corrected chi connectivity index (χ1v) is 12.7. The number of ether oxygens (including phenoxy) is 2. The second kappa shape index (κ2) is 8.67. The van der Waals surface area contributed by atoms with Crippen molar-refractivity contribution in [3.8, 4) is 11.8 Å². The third-order valence-corrected chi connectivity index (χ3v) is 8.70. The number of sulfone groups is 1. The Labute approximate surface area is 192 Å². The Morgan fingerprint density at radius 1 is 1.00 bits per heavy atom. The molecule has 172 valence electrons. The van der Waals surface area contributed by atoms with Gasteiger partial charge in [-0.1, -0.05) is 49.6 Å². The van der Waals surface area contributed by atoms with Crippen LogP contribution in [0.5, 0.6) is 11.8 Å².